The van der Waals surface area contributed by atoms with Gasteiger partial charge >= 0.3 is 0 Å². The summed E-state index contributed by atoms with van der Waals surface area (Å²) < 4.78 is 0. The van der Waals surface area contributed by atoms with Crippen molar-refractivity contribution in [2.75, 3.05) is 11.9 Å². The summed E-state index contributed by atoms with van der Waals surface area (Å²) in [5.74, 6) is 1.19. The van der Waals surface area contributed by atoms with Gasteiger partial charge in [0.15, 0.2) is 0 Å². The Bertz CT molecular complexity index is 1000. The van der Waals surface area contributed by atoms with Gasteiger partial charge in [-0.3, -0.25) is 9.97 Å². The number of fused-ring (bicyclic) bond motifs is 2. The van der Waals surface area contributed by atoms with Gasteiger partial charge < -0.3 is 10.3 Å². The average molecular weight is 318 g/mol. The fraction of sp³-hybridized carbons (Fsp3) is 0.222. The first-order valence-electron chi connectivity index (χ1n) is 8.00. The number of anilines is 1. The first kappa shape index (κ1) is 14.6. The molecular formula is C18H18N6. The normalized spacial score (nSPS) is 11.5. The molecular weight excluding hydrogens is 300 g/mol. The molecule has 0 aliphatic heterocycles. The zero-order valence-electron chi connectivity index (χ0n) is 13.6. The topological polar surface area (TPSA) is 79.4 Å². The van der Waals surface area contributed by atoms with Gasteiger partial charge in [0.25, 0.3) is 0 Å². The highest BCUT2D eigenvalue weighted by Gasteiger charge is 2.10. The van der Waals surface area contributed by atoms with Crippen molar-refractivity contribution in [1.29, 1.82) is 0 Å². The summed E-state index contributed by atoms with van der Waals surface area (Å²) in [5, 5.41) is 4.24. The number of hydrogen-bond donors (Lipinski definition) is 2. The maximum atomic E-state index is 4.55. The summed E-state index contributed by atoms with van der Waals surface area (Å²) in [6.45, 7) is 5.16. The molecule has 0 fully saturated rings. The molecule has 0 unspecified atom stereocenters. The van der Waals surface area contributed by atoms with Crippen molar-refractivity contribution >= 4 is 28.0 Å². The molecule has 6 nitrogen and oxygen atoms in total. The van der Waals surface area contributed by atoms with Crippen LogP contribution in [0, 0.1) is 5.92 Å². The molecule has 0 radical (unpaired) electrons. The Labute approximate surface area is 139 Å². The van der Waals surface area contributed by atoms with Crippen molar-refractivity contribution in [3.8, 4) is 11.1 Å². The molecule has 0 saturated carbocycles. The third kappa shape index (κ3) is 2.67. The van der Waals surface area contributed by atoms with Gasteiger partial charge in [-0.25, -0.2) is 4.98 Å². The van der Waals surface area contributed by atoms with Crippen LogP contribution in [0.25, 0.3) is 33.2 Å². The van der Waals surface area contributed by atoms with Crippen molar-refractivity contribution < 1.29 is 0 Å². The molecule has 0 aliphatic carbocycles. The van der Waals surface area contributed by atoms with Crippen LogP contribution in [0.1, 0.15) is 13.8 Å². The first-order chi connectivity index (χ1) is 11.7. The van der Waals surface area contributed by atoms with Crippen molar-refractivity contribution in [3.05, 3.63) is 43.0 Å². The zero-order valence-corrected chi connectivity index (χ0v) is 13.6. The van der Waals surface area contributed by atoms with Gasteiger partial charge in [-0.05, 0) is 23.6 Å². The minimum atomic E-state index is 0.544. The summed E-state index contributed by atoms with van der Waals surface area (Å²) in [5.41, 5.74) is 4.72. The molecule has 0 saturated heterocycles. The van der Waals surface area contributed by atoms with Crippen LogP contribution in [0.4, 0.5) is 5.95 Å². The first-order valence-corrected chi connectivity index (χ1v) is 8.00. The van der Waals surface area contributed by atoms with Crippen molar-refractivity contribution in [3.63, 3.8) is 0 Å². The fourth-order valence-electron chi connectivity index (χ4n) is 2.66. The quantitative estimate of drug-likeness (QED) is 0.600. The second-order valence-electron chi connectivity index (χ2n) is 6.19. The third-order valence-corrected chi connectivity index (χ3v) is 3.88. The van der Waals surface area contributed by atoms with Crippen LogP contribution in [0.15, 0.2) is 43.0 Å². The van der Waals surface area contributed by atoms with E-state index in [1.165, 1.54) is 0 Å². The Balaban J connectivity index is 1.73. The number of aromatic amines is 1. The van der Waals surface area contributed by atoms with Crippen LogP contribution in [-0.4, -0.2) is 31.5 Å². The second kappa shape index (κ2) is 5.88. The lowest BCUT2D eigenvalue weighted by Crippen LogP contribution is -2.10. The molecule has 3 aromatic heterocycles. The summed E-state index contributed by atoms with van der Waals surface area (Å²) in [4.78, 5) is 20.9. The predicted octanol–water partition coefficient (Wildman–Crippen LogP) is 3.64. The summed E-state index contributed by atoms with van der Waals surface area (Å²) in [6, 6.07) is 6.07. The summed E-state index contributed by atoms with van der Waals surface area (Å²) in [6.07, 6.45) is 7.23. The molecule has 3 heterocycles. The number of H-pyrrole nitrogens is 1. The fourth-order valence-corrected chi connectivity index (χ4v) is 2.66. The van der Waals surface area contributed by atoms with E-state index in [1.807, 2.05) is 30.6 Å². The lowest BCUT2D eigenvalue weighted by Gasteiger charge is -2.07. The monoisotopic (exact) mass is 318 g/mol. The lowest BCUT2D eigenvalue weighted by atomic mass is 10.1. The lowest BCUT2D eigenvalue weighted by molar-refractivity contribution is 0.685. The SMILES string of the molecule is CC(C)CNc1ncc2c(-c3ccc4nccnc4c3)c[nH]c2n1. The smallest absolute Gasteiger partial charge is 0.224 e. The Morgan fingerprint density at radius 1 is 1.08 bits per heavy atom. The molecule has 0 aliphatic rings. The standard InChI is InChI=1S/C18H18N6/c1-11(2)8-22-18-23-10-14-13(9-21-17(14)24-18)12-3-4-15-16(7-12)20-6-5-19-15/h3-7,9-11H,8H2,1-2H3,(H2,21,22,23,24). The highest BCUT2D eigenvalue weighted by atomic mass is 15.1. The third-order valence-electron chi connectivity index (χ3n) is 3.88. The number of nitrogens with one attached hydrogen (secondary N) is 2. The van der Waals surface area contributed by atoms with Gasteiger partial charge in [0.05, 0.1) is 11.0 Å². The van der Waals surface area contributed by atoms with Crippen LogP contribution in [0.5, 0.6) is 0 Å². The van der Waals surface area contributed by atoms with E-state index in [0.717, 1.165) is 39.7 Å². The van der Waals surface area contributed by atoms with Crippen LogP contribution >= 0.6 is 0 Å². The Morgan fingerprint density at radius 3 is 2.75 bits per heavy atom. The van der Waals surface area contributed by atoms with Gasteiger partial charge in [0.1, 0.15) is 5.65 Å². The van der Waals surface area contributed by atoms with Crippen molar-refractivity contribution in [2.24, 2.45) is 5.92 Å². The van der Waals surface area contributed by atoms with Crippen molar-refractivity contribution in [1.82, 2.24) is 24.9 Å². The molecule has 0 amide bonds. The molecule has 120 valence electrons. The van der Waals surface area contributed by atoms with Crippen LogP contribution in [0.3, 0.4) is 0 Å². The maximum absolute atomic E-state index is 4.55. The number of benzene rings is 1. The minimum absolute atomic E-state index is 0.544. The van der Waals surface area contributed by atoms with E-state index in [9.17, 15) is 0 Å². The molecule has 1 aromatic carbocycles. The second-order valence-corrected chi connectivity index (χ2v) is 6.19. The van der Waals surface area contributed by atoms with Gasteiger partial charge in [-0.15, -0.1) is 0 Å². The molecule has 24 heavy (non-hydrogen) atoms. The largest absolute Gasteiger partial charge is 0.354 e. The molecule has 4 rings (SSSR count). The van der Waals surface area contributed by atoms with Crippen LogP contribution < -0.4 is 5.32 Å². The van der Waals surface area contributed by atoms with Gasteiger partial charge in [-0.1, -0.05) is 19.9 Å². The maximum Gasteiger partial charge on any atom is 0.224 e. The summed E-state index contributed by atoms with van der Waals surface area (Å²) in [7, 11) is 0. The average Bonchev–Trinajstić information content (AvgIpc) is 3.02. The zero-order chi connectivity index (χ0) is 16.5. The minimum Gasteiger partial charge on any atom is -0.354 e. The Kier molecular flexibility index (Phi) is 3.57. The van der Waals surface area contributed by atoms with Crippen LogP contribution in [0.2, 0.25) is 0 Å². The molecule has 6 heteroatoms. The predicted molar refractivity (Wildman–Crippen MR) is 95.7 cm³/mol. The van der Waals surface area contributed by atoms with Gasteiger partial charge in [0, 0.05) is 42.3 Å². The number of aromatic nitrogens is 5. The van der Waals surface area contributed by atoms with Gasteiger partial charge in [0.2, 0.25) is 5.95 Å². The highest BCUT2D eigenvalue weighted by Crippen LogP contribution is 2.29. The molecule has 2 N–H and O–H groups in total. The van der Waals surface area contributed by atoms with E-state index in [1.54, 1.807) is 12.4 Å². The van der Waals surface area contributed by atoms with Crippen LogP contribution in [-0.2, 0) is 0 Å². The number of rotatable bonds is 4. The number of nitrogens with zero attached hydrogens (tertiary/aromatic N) is 4. The summed E-state index contributed by atoms with van der Waals surface area (Å²) >= 11 is 0. The van der Waals surface area contributed by atoms with E-state index in [-0.39, 0.29) is 0 Å². The Morgan fingerprint density at radius 2 is 1.92 bits per heavy atom. The van der Waals surface area contributed by atoms with E-state index in [0.29, 0.717) is 11.9 Å². The molecule has 0 spiro atoms. The number of hydrogen-bond acceptors (Lipinski definition) is 5. The molecule has 0 bridgehead atoms. The van der Waals surface area contributed by atoms with E-state index >= 15 is 0 Å². The van der Waals surface area contributed by atoms with E-state index in [2.05, 4.69) is 44.1 Å². The van der Waals surface area contributed by atoms with E-state index in [4.69, 9.17) is 0 Å². The molecule has 0 atom stereocenters. The Hall–Kier alpha value is -3.02. The van der Waals surface area contributed by atoms with Gasteiger partial charge in [-0.2, -0.15) is 4.98 Å². The van der Waals surface area contributed by atoms with Crippen molar-refractivity contribution in [2.45, 2.75) is 13.8 Å². The molecule has 4 aromatic rings. The highest BCUT2D eigenvalue weighted by molar-refractivity contribution is 5.95. The van der Waals surface area contributed by atoms with E-state index < -0.39 is 0 Å².